The minimum absolute atomic E-state index is 0.328. The molecular weight excluding hydrogens is 224 g/mol. The monoisotopic (exact) mass is 244 g/mol. The second kappa shape index (κ2) is 10.1. The van der Waals surface area contributed by atoms with Crippen LogP contribution in [0.25, 0.3) is 11.1 Å². The molecule has 0 amide bonds. The van der Waals surface area contributed by atoms with Crippen LogP contribution in [0.1, 0.15) is 20.3 Å². The molecule has 96 valence electrons. The van der Waals surface area contributed by atoms with Crippen molar-refractivity contribution in [1.82, 2.24) is 0 Å². The molecule has 0 bridgehead atoms. The van der Waals surface area contributed by atoms with Crippen molar-refractivity contribution < 1.29 is 9.90 Å². The molecule has 2 aromatic carbocycles. The van der Waals surface area contributed by atoms with E-state index in [4.69, 9.17) is 4.79 Å². The van der Waals surface area contributed by atoms with Crippen LogP contribution in [0.15, 0.2) is 54.6 Å². The lowest BCUT2D eigenvalue weighted by molar-refractivity contribution is -0.0979. The Morgan fingerprint density at radius 1 is 0.889 bits per heavy atom. The summed E-state index contributed by atoms with van der Waals surface area (Å²) in [5.41, 5.74) is 1.92. The molecule has 0 saturated carbocycles. The van der Waals surface area contributed by atoms with Crippen molar-refractivity contribution in [3.63, 3.8) is 0 Å². The number of aromatic hydroxyl groups is 1. The fourth-order valence-electron chi connectivity index (χ4n) is 1.34. The second-order valence-corrected chi connectivity index (χ2v) is 3.59. The van der Waals surface area contributed by atoms with Crippen LogP contribution in [0.2, 0.25) is 0 Å². The Bertz CT molecular complexity index is 424. The molecule has 0 atom stereocenters. The maximum absolute atomic E-state index is 9.56. The van der Waals surface area contributed by atoms with E-state index < -0.39 is 0 Å². The van der Waals surface area contributed by atoms with Crippen molar-refractivity contribution >= 4 is 6.79 Å². The van der Waals surface area contributed by atoms with Crippen molar-refractivity contribution in [3.05, 3.63) is 54.6 Å². The molecule has 0 heterocycles. The lowest BCUT2D eigenvalue weighted by atomic mass is 10.1. The third-order valence-corrected chi connectivity index (χ3v) is 1.99. The van der Waals surface area contributed by atoms with Gasteiger partial charge >= 0.3 is 0 Å². The zero-order valence-electron chi connectivity index (χ0n) is 11.0. The number of phenolic OH excluding ortho intramolecular Hbond substituents is 1. The first-order valence-electron chi connectivity index (χ1n) is 5.91. The van der Waals surface area contributed by atoms with Crippen LogP contribution < -0.4 is 0 Å². The Morgan fingerprint density at radius 2 is 1.33 bits per heavy atom. The highest BCUT2D eigenvalue weighted by Crippen LogP contribution is 2.27. The Labute approximate surface area is 109 Å². The maximum atomic E-state index is 9.56. The normalized spacial score (nSPS) is 8.33. The second-order valence-electron chi connectivity index (χ2n) is 3.59. The average Bonchev–Trinajstić information content (AvgIpc) is 2.43. The van der Waals surface area contributed by atoms with Gasteiger partial charge in [0.1, 0.15) is 12.5 Å². The third-order valence-electron chi connectivity index (χ3n) is 1.99. The fraction of sp³-hybridized carbons (Fsp3) is 0.188. The number of phenols is 1. The molecule has 18 heavy (non-hydrogen) atoms. The molecule has 2 aromatic rings. The molecule has 2 heteroatoms. The number of hydrogen-bond acceptors (Lipinski definition) is 2. The van der Waals surface area contributed by atoms with Crippen molar-refractivity contribution in [2.45, 2.75) is 20.3 Å². The largest absolute Gasteiger partial charge is 0.507 e. The first-order chi connectivity index (χ1) is 8.79. The summed E-state index contributed by atoms with van der Waals surface area (Å²) in [5, 5.41) is 9.56. The molecule has 1 N–H and O–H groups in total. The molecule has 0 unspecified atom stereocenters. The van der Waals surface area contributed by atoms with Crippen molar-refractivity contribution in [1.29, 1.82) is 0 Å². The first kappa shape index (κ1) is 15.9. The molecule has 0 fully saturated rings. The van der Waals surface area contributed by atoms with Gasteiger partial charge in [-0.1, -0.05) is 68.8 Å². The summed E-state index contributed by atoms with van der Waals surface area (Å²) in [6, 6.07) is 17.2. The molecule has 2 rings (SSSR count). The van der Waals surface area contributed by atoms with Crippen LogP contribution in [0, 0.1) is 0 Å². The van der Waals surface area contributed by atoms with Gasteiger partial charge in [0.05, 0.1) is 0 Å². The molecule has 0 aliphatic carbocycles. The predicted molar refractivity (Wildman–Crippen MR) is 76.6 cm³/mol. The highest BCUT2D eigenvalue weighted by molar-refractivity contribution is 5.69. The van der Waals surface area contributed by atoms with E-state index >= 15 is 0 Å². The first-order valence-corrected chi connectivity index (χ1v) is 5.91. The van der Waals surface area contributed by atoms with E-state index in [2.05, 4.69) is 13.8 Å². The van der Waals surface area contributed by atoms with Gasteiger partial charge in [-0.25, -0.2) is 0 Å². The minimum Gasteiger partial charge on any atom is -0.507 e. The van der Waals surface area contributed by atoms with Crippen LogP contribution in [0.5, 0.6) is 5.75 Å². The van der Waals surface area contributed by atoms with Gasteiger partial charge in [-0.3, -0.25) is 0 Å². The minimum atomic E-state index is 0.328. The number of rotatable bonds is 1. The number of carbonyl (C=O) groups is 1. The topological polar surface area (TPSA) is 37.3 Å². The molecule has 0 spiro atoms. The number of benzene rings is 2. The molecule has 0 aliphatic heterocycles. The van der Waals surface area contributed by atoms with E-state index in [1.165, 1.54) is 6.42 Å². The van der Waals surface area contributed by atoms with Crippen LogP contribution in [-0.2, 0) is 4.79 Å². The maximum Gasteiger partial charge on any atom is 0.123 e. The van der Waals surface area contributed by atoms with Gasteiger partial charge in [-0.15, -0.1) is 0 Å². The highest BCUT2D eigenvalue weighted by atomic mass is 16.3. The van der Waals surface area contributed by atoms with E-state index in [9.17, 15) is 5.11 Å². The molecule has 0 radical (unpaired) electrons. The number of carbonyl (C=O) groups excluding carboxylic acids is 1. The number of para-hydroxylation sites is 1. The van der Waals surface area contributed by atoms with Crippen LogP contribution in [0.3, 0.4) is 0 Å². The summed E-state index contributed by atoms with van der Waals surface area (Å²) in [6.07, 6.45) is 1.25. The summed E-state index contributed by atoms with van der Waals surface area (Å²) in [7, 11) is 0. The standard InChI is InChI=1S/C12H10O.C3H8.CH2O/c13-12-9-5-4-8-11(12)10-6-2-1-3-7-10;1-3-2;1-2/h1-9,13H;3H2,1-2H3;1H2. The SMILES string of the molecule is C=O.CCC.Oc1ccccc1-c1ccccc1. The quantitative estimate of drug-likeness (QED) is 0.812. The Morgan fingerprint density at radius 3 is 1.83 bits per heavy atom. The smallest absolute Gasteiger partial charge is 0.123 e. The summed E-state index contributed by atoms with van der Waals surface area (Å²) < 4.78 is 0. The Kier molecular flexibility index (Phi) is 8.92. The van der Waals surface area contributed by atoms with Gasteiger partial charge in [-0.2, -0.15) is 0 Å². The van der Waals surface area contributed by atoms with Gasteiger partial charge in [0, 0.05) is 5.56 Å². The molecule has 0 saturated heterocycles. The van der Waals surface area contributed by atoms with Gasteiger partial charge < -0.3 is 9.90 Å². The molecule has 0 aromatic heterocycles. The third kappa shape index (κ3) is 5.30. The van der Waals surface area contributed by atoms with Crippen molar-refractivity contribution in [3.8, 4) is 16.9 Å². The van der Waals surface area contributed by atoms with E-state index in [1.807, 2.05) is 55.3 Å². The molecule has 2 nitrogen and oxygen atoms in total. The predicted octanol–water partition coefficient (Wildman–Crippen LogP) is 4.29. The summed E-state index contributed by atoms with van der Waals surface area (Å²) in [4.78, 5) is 8.00. The molecular formula is C16H20O2. The fourth-order valence-corrected chi connectivity index (χ4v) is 1.34. The average molecular weight is 244 g/mol. The Balaban J connectivity index is 0.000000509. The number of hydrogen-bond donors (Lipinski definition) is 1. The van der Waals surface area contributed by atoms with Gasteiger partial charge in [0.2, 0.25) is 0 Å². The lowest BCUT2D eigenvalue weighted by Gasteiger charge is -2.02. The summed E-state index contributed by atoms with van der Waals surface area (Å²) in [5.74, 6) is 0.328. The lowest BCUT2D eigenvalue weighted by Crippen LogP contribution is -1.76. The van der Waals surface area contributed by atoms with Gasteiger partial charge in [0.25, 0.3) is 0 Å². The van der Waals surface area contributed by atoms with Crippen LogP contribution in [-0.4, -0.2) is 11.9 Å². The van der Waals surface area contributed by atoms with Gasteiger partial charge in [0.15, 0.2) is 0 Å². The summed E-state index contributed by atoms with van der Waals surface area (Å²) >= 11 is 0. The van der Waals surface area contributed by atoms with Crippen molar-refractivity contribution in [2.24, 2.45) is 0 Å². The van der Waals surface area contributed by atoms with Crippen molar-refractivity contribution in [2.75, 3.05) is 0 Å². The van der Waals surface area contributed by atoms with E-state index in [0.29, 0.717) is 5.75 Å². The zero-order chi connectivity index (χ0) is 13.8. The van der Waals surface area contributed by atoms with Gasteiger partial charge in [-0.05, 0) is 11.6 Å². The van der Waals surface area contributed by atoms with E-state index in [0.717, 1.165) is 11.1 Å². The van der Waals surface area contributed by atoms with E-state index in [-0.39, 0.29) is 0 Å². The Hall–Kier alpha value is -2.09. The zero-order valence-corrected chi connectivity index (χ0v) is 11.0. The highest BCUT2D eigenvalue weighted by Gasteiger charge is 2.00. The molecule has 0 aliphatic rings. The van der Waals surface area contributed by atoms with Crippen LogP contribution >= 0.6 is 0 Å². The van der Waals surface area contributed by atoms with E-state index in [1.54, 1.807) is 6.07 Å². The van der Waals surface area contributed by atoms with Crippen LogP contribution in [0.4, 0.5) is 0 Å². The summed E-state index contributed by atoms with van der Waals surface area (Å²) in [6.45, 7) is 6.25.